The minimum absolute atomic E-state index is 0.0122. The number of hydrogen-bond donors (Lipinski definition) is 1. The Labute approximate surface area is 176 Å². The smallest absolute Gasteiger partial charge is 0.270 e. The molecule has 1 aromatic carbocycles. The number of rotatable bonds is 5. The summed E-state index contributed by atoms with van der Waals surface area (Å²) in [6.07, 6.45) is -2.55. The van der Waals surface area contributed by atoms with E-state index in [0.29, 0.717) is 18.0 Å². The summed E-state index contributed by atoms with van der Waals surface area (Å²) in [6, 6.07) is 1.04. The van der Waals surface area contributed by atoms with Crippen LogP contribution in [-0.4, -0.2) is 37.7 Å². The zero-order chi connectivity index (χ0) is 23.5. The molecule has 0 bridgehead atoms. The Balaban J connectivity index is 1.79. The third-order valence-electron chi connectivity index (χ3n) is 3.90. The van der Waals surface area contributed by atoms with E-state index < -0.39 is 35.0 Å². The Kier molecular flexibility index (Phi) is 6.13. The maximum atomic E-state index is 13.0. The maximum absolute atomic E-state index is 13.0. The number of aromatic nitrogens is 5. The second-order valence-electron chi connectivity index (χ2n) is 6.26. The predicted octanol–water partition coefficient (Wildman–Crippen LogP) is 3.41. The van der Waals surface area contributed by atoms with Crippen molar-refractivity contribution in [1.82, 2.24) is 30.2 Å². The summed E-state index contributed by atoms with van der Waals surface area (Å²) in [5, 5.41) is 5.09. The second-order valence-corrected chi connectivity index (χ2v) is 6.26. The van der Waals surface area contributed by atoms with E-state index in [2.05, 4.69) is 25.5 Å². The molecule has 1 amide bonds. The van der Waals surface area contributed by atoms with Crippen LogP contribution in [0.1, 0.15) is 11.1 Å². The second kappa shape index (κ2) is 8.64. The normalized spacial score (nSPS) is 12.2. The van der Waals surface area contributed by atoms with Gasteiger partial charge in [-0.2, -0.15) is 26.3 Å². The average Bonchev–Trinajstić information content (AvgIpc) is 3.20. The van der Waals surface area contributed by atoms with Gasteiger partial charge in [-0.25, -0.2) is 14.6 Å². The molecule has 0 saturated heterocycles. The van der Waals surface area contributed by atoms with Gasteiger partial charge in [-0.3, -0.25) is 20.2 Å². The number of carbonyl (C=O) groups is 1. The molecular weight excluding hydrogens is 444 g/mol. The van der Waals surface area contributed by atoms with Gasteiger partial charge in [0.15, 0.2) is 11.6 Å². The van der Waals surface area contributed by atoms with Crippen molar-refractivity contribution in [3.05, 3.63) is 60.3 Å². The van der Waals surface area contributed by atoms with Crippen molar-refractivity contribution < 1.29 is 31.1 Å². The Hall–Kier alpha value is -3.97. The van der Waals surface area contributed by atoms with Gasteiger partial charge in [0.25, 0.3) is 5.91 Å². The molecule has 0 atom stereocenters. The maximum Gasteiger partial charge on any atom is 0.416 e. The number of benzene rings is 1. The molecule has 0 spiro atoms. The van der Waals surface area contributed by atoms with Crippen LogP contribution in [0.15, 0.2) is 49.2 Å². The van der Waals surface area contributed by atoms with Crippen molar-refractivity contribution in [2.75, 3.05) is 12.1 Å². The standard InChI is InChI=1S/C18H13F6N7O/c1-30(14-9-25-3-4-26-14)28-15(32)2-5-31-10-27-16(29-31)11-6-12(17(19,20)21)8-13(7-11)18(22,23)24/h2-10H,1H3,(H,28,32)/b5-2-. The van der Waals surface area contributed by atoms with E-state index in [1.807, 2.05) is 0 Å². The zero-order valence-electron chi connectivity index (χ0n) is 16.1. The highest BCUT2D eigenvalue weighted by molar-refractivity contribution is 5.90. The van der Waals surface area contributed by atoms with Crippen LogP contribution in [-0.2, 0) is 17.1 Å². The lowest BCUT2D eigenvalue weighted by Crippen LogP contribution is -2.38. The van der Waals surface area contributed by atoms with Gasteiger partial charge < -0.3 is 0 Å². The van der Waals surface area contributed by atoms with Crippen molar-refractivity contribution in [1.29, 1.82) is 0 Å². The van der Waals surface area contributed by atoms with Crippen LogP contribution < -0.4 is 10.4 Å². The molecule has 0 aliphatic rings. The highest BCUT2D eigenvalue weighted by Gasteiger charge is 2.37. The minimum atomic E-state index is -4.99. The number of carbonyl (C=O) groups excluding carboxylic acids is 1. The molecule has 0 aliphatic heterocycles. The fraction of sp³-hybridized carbons (Fsp3) is 0.167. The first kappa shape index (κ1) is 22.7. The van der Waals surface area contributed by atoms with Gasteiger partial charge in [0.2, 0.25) is 0 Å². The summed E-state index contributed by atoms with van der Waals surface area (Å²) in [6.45, 7) is 0. The highest BCUT2D eigenvalue weighted by Crippen LogP contribution is 2.38. The third kappa shape index (κ3) is 5.59. The molecule has 0 radical (unpaired) electrons. The molecule has 0 unspecified atom stereocenters. The summed E-state index contributed by atoms with van der Waals surface area (Å²) in [5.74, 6) is -0.653. The van der Waals surface area contributed by atoms with E-state index in [4.69, 9.17) is 0 Å². The first-order valence-corrected chi connectivity index (χ1v) is 8.63. The molecule has 2 aromatic heterocycles. The van der Waals surface area contributed by atoms with Crippen molar-refractivity contribution >= 4 is 17.9 Å². The van der Waals surface area contributed by atoms with Gasteiger partial charge in [-0.1, -0.05) is 0 Å². The minimum Gasteiger partial charge on any atom is -0.270 e. The zero-order valence-corrected chi connectivity index (χ0v) is 16.1. The largest absolute Gasteiger partial charge is 0.416 e. The van der Waals surface area contributed by atoms with Crippen LogP contribution in [0.3, 0.4) is 0 Å². The third-order valence-corrected chi connectivity index (χ3v) is 3.90. The number of alkyl halides is 6. The Morgan fingerprint density at radius 3 is 2.25 bits per heavy atom. The molecule has 0 saturated carbocycles. The fourth-order valence-electron chi connectivity index (χ4n) is 2.43. The van der Waals surface area contributed by atoms with Gasteiger partial charge in [-0.15, -0.1) is 5.10 Å². The molecule has 0 aliphatic carbocycles. The van der Waals surface area contributed by atoms with Gasteiger partial charge >= 0.3 is 12.4 Å². The molecule has 168 valence electrons. The lowest BCUT2D eigenvalue weighted by Gasteiger charge is -2.17. The Morgan fingerprint density at radius 2 is 1.69 bits per heavy atom. The monoisotopic (exact) mass is 457 g/mol. The van der Waals surface area contributed by atoms with Crippen LogP contribution in [0.4, 0.5) is 32.2 Å². The van der Waals surface area contributed by atoms with Gasteiger partial charge in [0.1, 0.15) is 6.33 Å². The summed E-state index contributed by atoms with van der Waals surface area (Å²) in [4.78, 5) is 23.5. The SMILES string of the molecule is CN(NC(=O)/C=C\n1cnc(-c2cc(C(F)(F)F)cc(C(F)(F)F)c2)n1)c1cnccn1. The van der Waals surface area contributed by atoms with E-state index in [0.717, 1.165) is 23.3 Å². The topological polar surface area (TPSA) is 88.8 Å². The molecular formula is C18H13F6N7O. The molecule has 32 heavy (non-hydrogen) atoms. The van der Waals surface area contributed by atoms with Crippen LogP contribution in [0, 0.1) is 0 Å². The number of hydrogen-bond acceptors (Lipinski definition) is 6. The van der Waals surface area contributed by atoms with Crippen LogP contribution >= 0.6 is 0 Å². The van der Waals surface area contributed by atoms with E-state index in [9.17, 15) is 31.1 Å². The molecule has 8 nitrogen and oxygen atoms in total. The van der Waals surface area contributed by atoms with Crippen LogP contribution in [0.2, 0.25) is 0 Å². The lowest BCUT2D eigenvalue weighted by atomic mass is 10.0. The van der Waals surface area contributed by atoms with Crippen molar-refractivity contribution in [2.45, 2.75) is 12.4 Å². The Morgan fingerprint density at radius 1 is 1.03 bits per heavy atom. The Bertz CT molecular complexity index is 1090. The summed E-state index contributed by atoms with van der Waals surface area (Å²) in [7, 11) is 1.51. The van der Waals surface area contributed by atoms with E-state index in [1.165, 1.54) is 30.6 Å². The number of nitrogens with zero attached hydrogens (tertiary/aromatic N) is 6. The average molecular weight is 457 g/mol. The first-order chi connectivity index (χ1) is 14.9. The number of anilines is 1. The molecule has 3 aromatic rings. The van der Waals surface area contributed by atoms with Crippen molar-refractivity contribution in [3.63, 3.8) is 0 Å². The van der Waals surface area contributed by atoms with Crippen molar-refractivity contribution in [3.8, 4) is 11.4 Å². The quantitative estimate of drug-likeness (QED) is 0.359. The predicted molar refractivity (Wildman–Crippen MR) is 99.4 cm³/mol. The van der Waals surface area contributed by atoms with E-state index in [1.54, 1.807) is 0 Å². The van der Waals surface area contributed by atoms with Crippen molar-refractivity contribution in [2.24, 2.45) is 0 Å². The molecule has 2 heterocycles. The summed E-state index contributed by atoms with van der Waals surface area (Å²) < 4.78 is 79.0. The molecule has 3 rings (SSSR count). The number of nitrogens with one attached hydrogen (secondary N) is 1. The molecule has 1 N–H and O–H groups in total. The number of amides is 1. The first-order valence-electron chi connectivity index (χ1n) is 8.63. The van der Waals surface area contributed by atoms with Gasteiger partial charge in [0.05, 0.1) is 17.3 Å². The van der Waals surface area contributed by atoms with E-state index in [-0.39, 0.29) is 11.9 Å². The highest BCUT2D eigenvalue weighted by atomic mass is 19.4. The van der Waals surface area contributed by atoms with Gasteiger partial charge in [0, 0.05) is 37.3 Å². The fourth-order valence-corrected chi connectivity index (χ4v) is 2.43. The number of hydrazine groups is 1. The van der Waals surface area contributed by atoms with Gasteiger partial charge in [-0.05, 0) is 18.2 Å². The lowest BCUT2D eigenvalue weighted by molar-refractivity contribution is -0.143. The van der Waals surface area contributed by atoms with E-state index >= 15 is 0 Å². The van der Waals surface area contributed by atoms with Crippen LogP contribution in [0.25, 0.3) is 17.6 Å². The molecule has 14 heteroatoms. The summed E-state index contributed by atoms with van der Waals surface area (Å²) in [5.41, 5.74) is -1.00. The molecule has 0 fully saturated rings. The summed E-state index contributed by atoms with van der Waals surface area (Å²) >= 11 is 0. The van der Waals surface area contributed by atoms with Crippen LogP contribution in [0.5, 0.6) is 0 Å². The number of halogens is 6.